The molecule has 3 heterocycles. The zero-order valence-corrected chi connectivity index (χ0v) is 16.5. The molecule has 1 aliphatic heterocycles. The van der Waals surface area contributed by atoms with E-state index < -0.39 is 0 Å². The lowest BCUT2D eigenvalue weighted by Crippen LogP contribution is -2.45. The Kier molecular flexibility index (Phi) is 5.62. The number of amides is 3. The summed E-state index contributed by atoms with van der Waals surface area (Å²) in [5.41, 5.74) is 2.33. The SMILES string of the molecule is CCN(CC)C(=O)C1CCN(C(=O)Nc2cnc3c(c2)c(C)nn3C)CC1. The first-order chi connectivity index (χ1) is 12.9. The molecule has 1 fully saturated rings. The fourth-order valence-electron chi connectivity index (χ4n) is 3.70. The number of hydrogen-bond acceptors (Lipinski definition) is 4. The number of anilines is 1. The van der Waals surface area contributed by atoms with Crippen LogP contribution in [0.4, 0.5) is 10.5 Å². The number of rotatable bonds is 4. The Bertz CT molecular complexity index is 834. The normalized spacial score (nSPS) is 15.2. The molecule has 0 aromatic carbocycles. The number of likely N-dealkylation sites (tertiary alicyclic amines) is 1. The maximum Gasteiger partial charge on any atom is 0.321 e. The van der Waals surface area contributed by atoms with Crippen LogP contribution in [-0.4, -0.2) is 62.7 Å². The molecule has 2 aromatic heterocycles. The molecule has 0 aliphatic carbocycles. The molecule has 146 valence electrons. The molecule has 0 spiro atoms. The van der Waals surface area contributed by atoms with Crippen LogP contribution in [0, 0.1) is 12.8 Å². The number of pyridine rings is 1. The van der Waals surface area contributed by atoms with Crippen LogP contribution in [0.25, 0.3) is 11.0 Å². The van der Waals surface area contributed by atoms with E-state index in [1.165, 1.54) is 0 Å². The number of nitrogens with zero attached hydrogens (tertiary/aromatic N) is 5. The molecule has 2 aromatic rings. The van der Waals surface area contributed by atoms with Crippen LogP contribution in [0.15, 0.2) is 12.3 Å². The van der Waals surface area contributed by atoms with E-state index in [9.17, 15) is 9.59 Å². The van der Waals surface area contributed by atoms with Gasteiger partial charge in [-0.15, -0.1) is 0 Å². The van der Waals surface area contributed by atoms with Crippen molar-refractivity contribution >= 4 is 28.7 Å². The van der Waals surface area contributed by atoms with Gasteiger partial charge in [-0.2, -0.15) is 5.10 Å². The Morgan fingerprint density at radius 3 is 2.56 bits per heavy atom. The number of piperidine rings is 1. The van der Waals surface area contributed by atoms with Gasteiger partial charge in [0.15, 0.2) is 5.65 Å². The number of carbonyl (C=O) groups excluding carboxylic acids is 2. The van der Waals surface area contributed by atoms with Crippen molar-refractivity contribution in [3.05, 3.63) is 18.0 Å². The zero-order valence-electron chi connectivity index (χ0n) is 16.5. The Labute approximate surface area is 159 Å². The van der Waals surface area contributed by atoms with Gasteiger partial charge in [0.2, 0.25) is 5.91 Å². The molecular weight excluding hydrogens is 344 g/mol. The van der Waals surface area contributed by atoms with Gasteiger partial charge >= 0.3 is 6.03 Å². The van der Waals surface area contributed by atoms with Crippen molar-refractivity contribution in [3.8, 4) is 0 Å². The largest absolute Gasteiger partial charge is 0.343 e. The average Bonchev–Trinajstić information content (AvgIpc) is 2.96. The number of aromatic nitrogens is 3. The number of carbonyl (C=O) groups is 2. The molecule has 8 heteroatoms. The molecule has 1 saturated heterocycles. The molecular formula is C19H28N6O2. The van der Waals surface area contributed by atoms with Crippen LogP contribution < -0.4 is 5.32 Å². The van der Waals surface area contributed by atoms with Gasteiger partial charge in [0.25, 0.3) is 0 Å². The second-order valence-corrected chi connectivity index (χ2v) is 7.01. The summed E-state index contributed by atoms with van der Waals surface area (Å²) in [6, 6.07) is 1.76. The zero-order chi connectivity index (χ0) is 19.6. The summed E-state index contributed by atoms with van der Waals surface area (Å²) in [6.07, 6.45) is 3.07. The van der Waals surface area contributed by atoms with Crippen LogP contribution in [0.5, 0.6) is 0 Å². The summed E-state index contributed by atoms with van der Waals surface area (Å²) >= 11 is 0. The average molecular weight is 372 g/mol. The Morgan fingerprint density at radius 1 is 1.26 bits per heavy atom. The highest BCUT2D eigenvalue weighted by molar-refractivity contribution is 5.92. The monoisotopic (exact) mass is 372 g/mol. The fraction of sp³-hybridized carbons (Fsp3) is 0.579. The molecule has 1 aliphatic rings. The summed E-state index contributed by atoms with van der Waals surface area (Å²) in [5.74, 6) is 0.228. The summed E-state index contributed by atoms with van der Waals surface area (Å²) < 4.78 is 1.73. The van der Waals surface area contributed by atoms with E-state index in [-0.39, 0.29) is 17.9 Å². The van der Waals surface area contributed by atoms with E-state index in [0.717, 1.165) is 29.8 Å². The number of nitrogens with one attached hydrogen (secondary N) is 1. The summed E-state index contributed by atoms with van der Waals surface area (Å²) in [5, 5.41) is 8.20. The Morgan fingerprint density at radius 2 is 1.93 bits per heavy atom. The van der Waals surface area contributed by atoms with E-state index in [1.807, 2.05) is 38.8 Å². The minimum Gasteiger partial charge on any atom is -0.343 e. The fourth-order valence-corrected chi connectivity index (χ4v) is 3.70. The van der Waals surface area contributed by atoms with Crippen LogP contribution in [0.3, 0.4) is 0 Å². The van der Waals surface area contributed by atoms with Crippen molar-refractivity contribution in [1.29, 1.82) is 0 Å². The lowest BCUT2D eigenvalue weighted by Gasteiger charge is -2.33. The highest BCUT2D eigenvalue weighted by atomic mass is 16.2. The molecule has 0 bridgehead atoms. The van der Waals surface area contributed by atoms with Crippen molar-refractivity contribution in [3.63, 3.8) is 0 Å². The maximum atomic E-state index is 12.6. The van der Waals surface area contributed by atoms with Gasteiger partial charge in [0, 0.05) is 44.5 Å². The summed E-state index contributed by atoms with van der Waals surface area (Å²) in [7, 11) is 1.85. The van der Waals surface area contributed by atoms with Crippen molar-refractivity contribution in [2.24, 2.45) is 13.0 Å². The molecule has 0 atom stereocenters. The van der Waals surface area contributed by atoms with Crippen molar-refractivity contribution in [2.75, 3.05) is 31.5 Å². The van der Waals surface area contributed by atoms with Gasteiger partial charge in [-0.05, 0) is 39.7 Å². The quantitative estimate of drug-likeness (QED) is 0.893. The van der Waals surface area contributed by atoms with Gasteiger partial charge in [0.05, 0.1) is 17.6 Å². The smallest absolute Gasteiger partial charge is 0.321 e. The molecule has 27 heavy (non-hydrogen) atoms. The van der Waals surface area contributed by atoms with Crippen LogP contribution in [-0.2, 0) is 11.8 Å². The Hall–Kier alpha value is -2.64. The van der Waals surface area contributed by atoms with Crippen molar-refractivity contribution < 1.29 is 9.59 Å². The van der Waals surface area contributed by atoms with Crippen LogP contribution in [0.1, 0.15) is 32.4 Å². The predicted octanol–water partition coefficient (Wildman–Crippen LogP) is 2.39. The molecule has 3 rings (SSSR count). The first kappa shape index (κ1) is 19.1. The van der Waals surface area contributed by atoms with Gasteiger partial charge < -0.3 is 15.1 Å². The second-order valence-electron chi connectivity index (χ2n) is 7.01. The number of fused-ring (bicyclic) bond motifs is 1. The third-order valence-corrected chi connectivity index (χ3v) is 5.32. The molecule has 0 unspecified atom stereocenters. The van der Waals surface area contributed by atoms with E-state index >= 15 is 0 Å². The number of aryl methyl sites for hydroxylation is 2. The minimum atomic E-state index is -0.147. The van der Waals surface area contributed by atoms with Gasteiger partial charge in [-0.3, -0.25) is 9.48 Å². The highest BCUT2D eigenvalue weighted by Gasteiger charge is 2.29. The highest BCUT2D eigenvalue weighted by Crippen LogP contribution is 2.22. The minimum absolute atomic E-state index is 0.0185. The van der Waals surface area contributed by atoms with Crippen LogP contribution in [0.2, 0.25) is 0 Å². The third kappa shape index (κ3) is 3.89. The van der Waals surface area contributed by atoms with Gasteiger partial charge in [-0.25, -0.2) is 9.78 Å². The molecule has 1 N–H and O–H groups in total. The topological polar surface area (TPSA) is 83.4 Å². The molecule has 3 amide bonds. The lowest BCUT2D eigenvalue weighted by molar-refractivity contribution is -0.136. The van der Waals surface area contributed by atoms with E-state index in [2.05, 4.69) is 15.4 Å². The van der Waals surface area contributed by atoms with E-state index in [0.29, 0.717) is 31.6 Å². The predicted molar refractivity (Wildman–Crippen MR) is 104 cm³/mol. The first-order valence-electron chi connectivity index (χ1n) is 9.58. The molecule has 8 nitrogen and oxygen atoms in total. The maximum absolute atomic E-state index is 12.6. The summed E-state index contributed by atoms with van der Waals surface area (Å²) in [6.45, 7) is 8.57. The third-order valence-electron chi connectivity index (χ3n) is 5.32. The standard InChI is InChI=1S/C19H28N6O2/c1-5-24(6-2)18(26)14-7-9-25(10-8-14)19(27)21-15-11-16-13(3)22-23(4)17(16)20-12-15/h11-12,14H,5-10H2,1-4H3,(H,21,27). The van der Waals surface area contributed by atoms with E-state index in [4.69, 9.17) is 0 Å². The molecule has 0 radical (unpaired) electrons. The first-order valence-corrected chi connectivity index (χ1v) is 9.58. The number of urea groups is 1. The lowest BCUT2D eigenvalue weighted by atomic mass is 9.95. The Balaban J connectivity index is 1.60. The summed E-state index contributed by atoms with van der Waals surface area (Å²) in [4.78, 5) is 33.1. The molecule has 0 saturated carbocycles. The van der Waals surface area contributed by atoms with Gasteiger partial charge in [-0.1, -0.05) is 0 Å². The second kappa shape index (κ2) is 7.94. The number of hydrogen-bond donors (Lipinski definition) is 1. The van der Waals surface area contributed by atoms with E-state index in [1.54, 1.807) is 15.8 Å². The van der Waals surface area contributed by atoms with Crippen LogP contribution >= 0.6 is 0 Å². The van der Waals surface area contributed by atoms with Crippen molar-refractivity contribution in [2.45, 2.75) is 33.6 Å². The van der Waals surface area contributed by atoms with Gasteiger partial charge in [0.1, 0.15) is 0 Å². The van der Waals surface area contributed by atoms with Crippen molar-refractivity contribution in [1.82, 2.24) is 24.6 Å².